The van der Waals surface area contributed by atoms with Gasteiger partial charge in [-0.2, -0.15) is 0 Å². The minimum absolute atomic E-state index is 0.0509. The second kappa shape index (κ2) is 8.87. The first-order valence-corrected chi connectivity index (χ1v) is 9.25. The van der Waals surface area contributed by atoms with Gasteiger partial charge in [0.15, 0.2) is 6.61 Å². The van der Waals surface area contributed by atoms with Crippen molar-refractivity contribution in [2.75, 3.05) is 11.9 Å². The zero-order chi connectivity index (χ0) is 21.6. The van der Waals surface area contributed by atoms with E-state index < -0.39 is 4.92 Å². The lowest BCUT2D eigenvalue weighted by atomic mass is 10.2. The summed E-state index contributed by atoms with van der Waals surface area (Å²) in [5, 5.41) is 21.5. The normalized spacial score (nSPS) is 10.5. The maximum Gasteiger partial charge on any atom is 0.269 e. The Hall–Kier alpha value is -4.53. The summed E-state index contributed by atoms with van der Waals surface area (Å²) in [6.45, 7) is -0.249. The van der Waals surface area contributed by atoms with Gasteiger partial charge in [0.25, 0.3) is 11.6 Å². The number of nitro groups is 1. The van der Waals surface area contributed by atoms with Crippen LogP contribution in [0.15, 0.2) is 83.3 Å². The van der Waals surface area contributed by atoms with E-state index >= 15 is 0 Å². The molecule has 0 radical (unpaired) electrons. The van der Waals surface area contributed by atoms with E-state index in [-0.39, 0.29) is 18.2 Å². The molecule has 0 saturated heterocycles. The molecule has 154 valence electrons. The molecular weight excluding hydrogens is 400 g/mol. The van der Waals surface area contributed by atoms with Crippen LogP contribution in [0.3, 0.4) is 0 Å². The molecule has 0 unspecified atom stereocenters. The second-order valence-corrected chi connectivity index (χ2v) is 6.45. The highest BCUT2D eigenvalue weighted by atomic mass is 16.6. The van der Waals surface area contributed by atoms with Gasteiger partial charge in [0.1, 0.15) is 5.75 Å². The number of rotatable bonds is 7. The summed E-state index contributed by atoms with van der Waals surface area (Å²) < 4.78 is 11.1. The van der Waals surface area contributed by atoms with E-state index in [1.165, 1.54) is 24.3 Å². The Morgan fingerprint density at radius 3 is 2.32 bits per heavy atom. The number of benzene rings is 3. The fourth-order valence-electron chi connectivity index (χ4n) is 2.78. The topological polar surface area (TPSA) is 120 Å². The highest BCUT2D eigenvalue weighted by Crippen LogP contribution is 2.25. The van der Waals surface area contributed by atoms with E-state index in [0.29, 0.717) is 28.8 Å². The van der Waals surface area contributed by atoms with Crippen molar-refractivity contribution in [3.63, 3.8) is 0 Å². The minimum Gasteiger partial charge on any atom is -0.484 e. The average molecular weight is 416 g/mol. The summed E-state index contributed by atoms with van der Waals surface area (Å²) in [5.41, 5.74) is 1.96. The molecule has 0 aliphatic rings. The van der Waals surface area contributed by atoms with Crippen LogP contribution >= 0.6 is 0 Å². The van der Waals surface area contributed by atoms with E-state index in [4.69, 9.17) is 9.15 Å². The van der Waals surface area contributed by atoms with E-state index in [9.17, 15) is 14.9 Å². The number of ether oxygens (including phenoxy) is 1. The third kappa shape index (κ3) is 4.91. The van der Waals surface area contributed by atoms with Crippen LogP contribution in [0, 0.1) is 10.1 Å². The van der Waals surface area contributed by atoms with Gasteiger partial charge in [0.05, 0.1) is 4.92 Å². The maximum absolute atomic E-state index is 12.2. The molecule has 0 spiro atoms. The third-order valence-corrected chi connectivity index (χ3v) is 4.26. The van der Waals surface area contributed by atoms with Crippen molar-refractivity contribution in [2.24, 2.45) is 0 Å². The van der Waals surface area contributed by atoms with E-state index in [0.717, 1.165) is 5.56 Å². The van der Waals surface area contributed by atoms with Crippen molar-refractivity contribution in [1.82, 2.24) is 10.2 Å². The van der Waals surface area contributed by atoms with Gasteiger partial charge in [-0.05, 0) is 42.5 Å². The molecule has 0 aliphatic carbocycles. The molecule has 4 aromatic rings. The Balaban J connectivity index is 1.39. The Kier molecular flexibility index (Phi) is 5.66. The van der Waals surface area contributed by atoms with Gasteiger partial charge in [-0.15, -0.1) is 10.2 Å². The van der Waals surface area contributed by atoms with Crippen LogP contribution in [0.4, 0.5) is 11.4 Å². The second-order valence-electron chi connectivity index (χ2n) is 6.45. The molecule has 1 heterocycles. The van der Waals surface area contributed by atoms with Crippen molar-refractivity contribution in [2.45, 2.75) is 0 Å². The summed E-state index contributed by atoms with van der Waals surface area (Å²) >= 11 is 0. The van der Waals surface area contributed by atoms with E-state index in [2.05, 4.69) is 15.5 Å². The molecule has 9 heteroatoms. The number of nitrogens with one attached hydrogen (secondary N) is 1. The largest absolute Gasteiger partial charge is 0.484 e. The summed E-state index contributed by atoms with van der Waals surface area (Å²) in [4.78, 5) is 22.4. The number of aromatic nitrogens is 2. The van der Waals surface area contributed by atoms with Gasteiger partial charge in [-0.3, -0.25) is 14.9 Å². The number of nitro benzene ring substituents is 1. The standard InChI is InChI=1S/C22H16N4O5/c27-20(14-30-19-11-9-18(10-12-19)26(28)29)23-17-8-4-7-16(13-17)22-25-24-21(31-22)15-5-2-1-3-6-15/h1-13H,14H2,(H,23,27). The fraction of sp³-hybridized carbons (Fsp3) is 0.0455. The lowest BCUT2D eigenvalue weighted by molar-refractivity contribution is -0.384. The molecule has 0 saturated carbocycles. The Morgan fingerprint density at radius 1 is 0.935 bits per heavy atom. The molecule has 0 bridgehead atoms. The lowest BCUT2D eigenvalue weighted by Crippen LogP contribution is -2.20. The molecule has 1 N–H and O–H groups in total. The predicted octanol–water partition coefficient (Wildman–Crippen LogP) is 4.33. The first kappa shape index (κ1) is 19.8. The highest BCUT2D eigenvalue weighted by molar-refractivity contribution is 5.92. The molecule has 0 fully saturated rings. The number of hydrogen-bond donors (Lipinski definition) is 1. The number of amides is 1. The van der Waals surface area contributed by atoms with Gasteiger partial charge in [0, 0.05) is 28.9 Å². The molecule has 3 aromatic carbocycles. The number of carbonyl (C=O) groups excluding carboxylic acids is 1. The quantitative estimate of drug-likeness (QED) is 0.352. The first-order chi connectivity index (χ1) is 15.1. The van der Waals surface area contributed by atoms with Crippen LogP contribution in [0.25, 0.3) is 22.9 Å². The van der Waals surface area contributed by atoms with Gasteiger partial charge >= 0.3 is 0 Å². The Bertz CT molecular complexity index is 1210. The van der Waals surface area contributed by atoms with Crippen molar-refractivity contribution in [3.05, 3.63) is 89.0 Å². The van der Waals surface area contributed by atoms with Crippen LogP contribution in [0.1, 0.15) is 0 Å². The van der Waals surface area contributed by atoms with Crippen molar-refractivity contribution in [3.8, 4) is 28.7 Å². The van der Waals surface area contributed by atoms with Crippen LogP contribution in [-0.4, -0.2) is 27.6 Å². The van der Waals surface area contributed by atoms with Gasteiger partial charge in [-0.25, -0.2) is 0 Å². The molecule has 1 amide bonds. The fourth-order valence-corrected chi connectivity index (χ4v) is 2.78. The van der Waals surface area contributed by atoms with Gasteiger partial charge in [0.2, 0.25) is 11.8 Å². The predicted molar refractivity (Wildman–Crippen MR) is 112 cm³/mol. The third-order valence-electron chi connectivity index (χ3n) is 4.26. The monoisotopic (exact) mass is 416 g/mol. The first-order valence-electron chi connectivity index (χ1n) is 9.25. The Labute approximate surface area is 176 Å². The number of anilines is 1. The molecule has 31 heavy (non-hydrogen) atoms. The summed E-state index contributed by atoms with van der Waals surface area (Å²) in [7, 11) is 0. The van der Waals surface area contributed by atoms with Crippen molar-refractivity contribution in [1.29, 1.82) is 0 Å². The van der Waals surface area contributed by atoms with Crippen LogP contribution in [0.5, 0.6) is 5.75 Å². The van der Waals surface area contributed by atoms with Crippen LogP contribution in [0.2, 0.25) is 0 Å². The summed E-state index contributed by atoms with van der Waals surface area (Å²) in [5.74, 6) is 0.707. The maximum atomic E-state index is 12.2. The Morgan fingerprint density at radius 2 is 1.61 bits per heavy atom. The minimum atomic E-state index is -0.504. The lowest BCUT2D eigenvalue weighted by Gasteiger charge is -2.08. The molecule has 0 atom stereocenters. The van der Waals surface area contributed by atoms with E-state index in [1.807, 2.05) is 30.3 Å². The van der Waals surface area contributed by atoms with Crippen LogP contribution in [-0.2, 0) is 4.79 Å². The molecule has 0 aliphatic heterocycles. The van der Waals surface area contributed by atoms with Crippen molar-refractivity contribution < 1.29 is 18.9 Å². The highest BCUT2D eigenvalue weighted by Gasteiger charge is 2.12. The number of nitrogens with zero attached hydrogens (tertiary/aromatic N) is 3. The summed E-state index contributed by atoms with van der Waals surface area (Å²) in [6.07, 6.45) is 0. The average Bonchev–Trinajstić information content (AvgIpc) is 3.29. The summed E-state index contributed by atoms with van der Waals surface area (Å²) in [6, 6.07) is 21.9. The zero-order valence-electron chi connectivity index (χ0n) is 16.1. The number of hydrogen-bond acceptors (Lipinski definition) is 7. The molecular formula is C22H16N4O5. The van der Waals surface area contributed by atoms with Crippen molar-refractivity contribution >= 4 is 17.3 Å². The van der Waals surface area contributed by atoms with Crippen LogP contribution < -0.4 is 10.1 Å². The molecule has 1 aromatic heterocycles. The SMILES string of the molecule is O=C(COc1ccc([N+](=O)[O-])cc1)Nc1cccc(-c2nnc(-c3ccccc3)o2)c1. The zero-order valence-corrected chi connectivity index (χ0v) is 16.1. The molecule has 4 rings (SSSR count). The van der Waals surface area contributed by atoms with Gasteiger partial charge < -0.3 is 14.5 Å². The smallest absolute Gasteiger partial charge is 0.269 e. The van der Waals surface area contributed by atoms with E-state index in [1.54, 1.807) is 24.3 Å². The molecule has 9 nitrogen and oxygen atoms in total. The number of non-ortho nitro benzene ring substituents is 1. The van der Waals surface area contributed by atoms with Gasteiger partial charge in [-0.1, -0.05) is 24.3 Å². The number of carbonyl (C=O) groups is 1.